The second kappa shape index (κ2) is 22.1. The van der Waals surface area contributed by atoms with E-state index >= 15 is 0 Å². The smallest absolute Gasteiger partial charge is 1.00 e. The summed E-state index contributed by atoms with van der Waals surface area (Å²) in [6.07, 6.45) is 14.1. The van der Waals surface area contributed by atoms with Crippen molar-refractivity contribution in [3.8, 4) is 0 Å². The zero-order valence-electron chi connectivity index (χ0n) is 15.4. The molecule has 0 saturated heterocycles. The van der Waals surface area contributed by atoms with Gasteiger partial charge in [-0.2, -0.15) is 19.6 Å². The first-order valence-electron chi connectivity index (χ1n) is 9.42. The van der Waals surface area contributed by atoms with Crippen molar-refractivity contribution in [1.29, 1.82) is 0 Å². The van der Waals surface area contributed by atoms with E-state index in [-0.39, 0.29) is 40.0 Å². The van der Waals surface area contributed by atoms with E-state index < -0.39 is 12.6 Å². The summed E-state index contributed by atoms with van der Waals surface area (Å²) in [5.74, 6) is 0. The van der Waals surface area contributed by atoms with Gasteiger partial charge in [0.25, 0.3) is 0 Å². The van der Waals surface area contributed by atoms with Crippen LogP contribution in [0.3, 0.4) is 0 Å². The largest absolute Gasteiger partial charge is 2.00 e. The van der Waals surface area contributed by atoms with Gasteiger partial charge in [0.1, 0.15) is 0 Å². The average molecular weight is 426 g/mol. The van der Waals surface area contributed by atoms with Crippen LogP contribution in [-0.2, 0) is 0 Å². The quantitative estimate of drug-likeness (QED) is 0.192. The predicted octanol–water partition coefficient (Wildman–Crippen LogP) is 4.64. The predicted molar refractivity (Wildman–Crippen MR) is 95.7 cm³/mol. The summed E-state index contributed by atoms with van der Waals surface area (Å²) in [4.78, 5) is 0. The molecule has 0 unspecified atom stereocenters. The van der Waals surface area contributed by atoms with Crippen molar-refractivity contribution in [3.05, 3.63) is 6.92 Å². The van der Waals surface area contributed by atoms with Gasteiger partial charge in [0, 0.05) is 6.42 Å². The second-order valence-electron chi connectivity index (χ2n) is 6.52. The Morgan fingerprint density at radius 3 is 1.00 bits per heavy atom. The Morgan fingerprint density at radius 1 is 0.500 bits per heavy atom. The Kier molecular flexibility index (Phi) is 27.4. The van der Waals surface area contributed by atoms with Crippen molar-refractivity contribution in [2.75, 3.05) is 0 Å². The molecule has 24 heavy (non-hydrogen) atoms. The van der Waals surface area contributed by atoms with E-state index in [1.54, 1.807) is 0 Å². The van der Waals surface area contributed by atoms with Crippen molar-refractivity contribution >= 4 is 23.1 Å². The molecule has 0 aromatic heterocycles. The van der Waals surface area contributed by atoms with Gasteiger partial charge >= 0.3 is 29.2 Å². The van der Waals surface area contributed by atoms with Crippen molar-refractivity contribution in [1.82, 2.24) is 0 Å². The molecule has 5 heteroatoms. The van der Waals surface area contributed by atoms with Crippen LogP contribution in [0.4, 0.5) is 13.2 Å². The summed E-state index contributed by atoms with van der Waals surface area (Å²) >= 11 is 0. The molecule has 0 radical (unpaired) electrons. The third kappa shape index (κ3) is 27.9. The summed E-state index contributed by atoms with van der Waals surface area (Å²) in [5.41, 5.74) is 0. The van der Waals surface area contributed by atoms with Gasteiger partial charge in [-0.1, -0.05) is 89.9 Å². The first-order valence-corrected chi connectivity index (χ1v) is 9.42. The Labute approximate surface area is 175 Å². The molecular formula is C19H36BrF3Mg. The molecule has 0 spiro atoms. The average Bonchev–Trinajstić information content (AvgIpc) is 2.45. The van der Waals surface area contributed by atoms with Crippen molar-refractivity contribution in [2.24, 2.45) is 0 Å². The number of rotatable bonds is 16. The molecule has 0 bridgehead atoms. The van der Waals surface area contributed by atoms with Crippen LogP contribution in [0.2, 0.25) is 0 Å². The fraction of sp³-hybridized carbons (Fsp3) is 0.947. The Balaban J connectivity index is -0.00000220. The second-order valence-corrected chi connectivity index (χ2v) is 6.52. The number of alkyl halides is 3. The van der Waals surface area contributed by atoms with Crippen LogP contribution in [0.25, 0.3) is 0 Å². The van der Waals surface area contributed by atoms with E-state index in [0.717, 1.165) is 25.7 Å². The maximum atomic E-state index is 11.9. The summed E-state index contributed by atoms with van der Waals surface area (Å²) in [7, 11) is 0. The van der Waals surface area contributed by atoms with Gasteiger partial charge in [0.2, 0.25) is 0 Å². The number of unbranched alkanes of at least 4 members (excludes halogenated alkanes) is 15. The summed E-state index contributed by atoms with van der Waals surface area (Å²) < 4.78 is 35.8. The molecule has 0 N–H and O–H groups in total. The molecular weight excluding hydrogens is 389 g/mol. The molecule has 142 valence electrons. The van der Waals surface area contributed by atoms with Gasteiger partial charge in [0.05, 0.1) is 0 Å². The van der Waals surface area contributed by atoms with Crippen LogP contribution >= 0.6 is 0 Å². The van der Waals surface area contributed by atoms with Gasteiger partial charge in [-0.3, -0.25) is 0 Å². The van der Waals surface area contributed by atoms with Crippen molar-refractivity contribution in [2.45, 2.75) is 115 Å². The molecule has 0 nitrogen and oxygen atoms in total. The van der Waals surface area contributed by atoms with Crippen LogP contribution in [-0.4, -0.2) is 29.2 Å². The van der Waals surface area contributed by atoms with E-state index in [0.29, 0.717) is 6.42 Å². The summed E-state index contributed by atoms with van der Waals surface area (Å²) in [5, 5.41) is 0. The van der Waals surface area contributed by atoms with Crippen LogP contribution < -0.4 is 17.0 Å². The van der Waals surface area contributed by atoms with Crippen LogP contribution in [0.1, 0.15) is 109 Å². The molecule has 0 aromatic rings. The molecule has 0 heterocycles. The third-order valence-electron chi connectivity index (χ3n) is 4.21. The van der Waals surface area contributed by atoms with Gasteiger partial charge in [-0.15, -0.1) is 0 Å². The van der Waals surface area contributed by atoms with Gasteiger partial charge in [-0.25, -0.2) is 0 Å². The van der Waals surface area contributed by atoms with Crippen LogP contribution in [0.5, 0.6) is 0 Å². The van der Waals surface area contributed by atoms with E-state index in [4.69, 9.17) is 0 Å². The fourth-order valence-corrected chi connectivity index (χ4v) is 2.80. The monoisotopic (exact) mass is 424 g/mol. The third-order valence-corrected chi connectivity index (χ3v) is 4.21. The molecule has 0 aromatic carbocycles. The summed E-state index contributed by atoms with van der Waals surface area (Å²) in [6, 6.07) is 0. The number of hydrogen-bond acceptors (Lipinski definition) is 0. The van der Waals surface area contributed by atoms with E-state index in [1.807, 2.05) is 0 Å². The van der Waals surface area contributed by atoms with E-state index in [9.17, 15) is 13.2 Å². The van der Waals surface area contributed by atoms with Crippen molar-refractivity contribution in [3.63, 3.8) is 0 Å². The van der Waals surface area contributed by atoms with Crippen LogP contribution in [0.15, 0.2) is 0 Å². The molecule has 0 rings (SSSR count). The van der Waals surface area contributed by atoms with E-state index in [1.165, 1.54) is 70.6 Å². The van der Waals surface area contributed by atoms with E-state index in [2.05, 4.69) is 6.92 Å². The zero-order chi connectivity index (χ0) is 16.5. The molecule has 0 aliphatic rings. The minimum Gasteiger partial charge on any atom is -1.00 e. The first kappa shape index (κ1) is 29.8. The Morgan fingerprint density at radius 2 is 0.750 bits per heavy atom. The standard InChI is InChI=1S/C19H36F3.BrH.Mg/c1-2-3-4-5-6-7-8-9-10-11-12-13-14-15-16-17-18-19(20,21)22;;/h1-18H2;1H;/q-1;;+2/p-1. The zero-order valence-corrected chi connectivity index (χ0v) is 18.4. The molecule has 0 aliphatic carbocycles. The topological polar surface area (TPSA) is 0 Å². The molecule has 0 atom stereocenters. The maximum Gasteiger partial charge on any atom is 2.00 e. The number of halogens is 4. The molecule has 0 aliphatic heterocycles. The van der Waals surface area contributed by atoms with Gasteiger partial charge in [-0.05, 0) is 6.42 Å². The number of hydrogen-bond donors (Lipinski definition) is 0. The Bertz CT molecular complexity index is 223. The fourth-order valence-electron chi connectivity index (χ4n) is 2.80. The van der Waals surface area contributed by atoms with Crippen LogP contribution in [0, 0.1) is 6.92 Å². The summed E-state index contributed by atoms with van der Waals surface area (Å²) in [6.45, 7) is 3.85. The SMILES string of the molecule is [Br-].[CH2-]CCCCCCCCCCCCCCCCCC(F)(F)F.[Mg+2]. The minimum atomic E-state index is -3.97. The normalized spacial score (nSPS) is 11.0. The minimum absolute atomic E-state index is 0. The van der Waals surface area contributed by atoms with Crippen molar-refractivity contribution < 1.29 is 30.2 Å². The first-order chi connectivity index (χ1) is 10.6. The van der Waals surface area contributed by atoms with Gasteiger partial charge in [0.15, 0.2) is 0 Å². The Hall–Kier alpha value is 1.04. The molecule has 0 fully saturated rings. The molecule has 0 saturated carbocycles. The van der Waals surface area contributed by atoms with Gasteiger partial charge < -0.3 is 23.9 Å². The molecule has 0 amide bonds. The maximum absolute atomic E-state index is 11.9.